The zero-order valence-electron chi connectivity index (χ0n) is 13.0. The average molecular weight is 293 g/mol. The normalized spacial score (nSPS) is 17.3. The van der Waals surface area contributed by atoms with Crippen molar-refractivity contribution in [1.82, 2.24) is 5.32 Å². The number of carbonyl (C=O) groups is 2. The van der Waals surface area contributed by atoms with Gasteiger partial charge in [-0.3, -0.25) is 4.79 Å². The Labute approximate surface area is 125 Å². The van der Waals surface area contributed by atoms with Crippen molar-refractivity contribution in [2.75, 3.05) is 6.61 Å². The first-order valence-electron chi connectivity index (χ1n) is 7.55. The maximum absolute atomic E-state index is 12.5. The summed E-state index contributed by atoms with van der Waals surface area (Å²) in [6, 6.07) is 1.70. The van der Waals surface area contributed by atoms with Crippen molar-refractivity contribution in [2.24, 2.45) is 0 Å². The first-order valence-corrected chi connectivity index (χ1v) is 7.55. The molecule has 5 nitrogen and oxygen atoms in total. The van der Waals surface area contributed by atoms with Crippen molar-refractivity contribution in [3.8, 4) is 0 Å². The van der Waals surface area contributed by atoms with Gasteiger partial charge in [0, 0.05) is 0 Å². The fourth-order valence-electron chi connectivity index (χ4n) is 2.95. The van der Waals surface area contributed by atoms with Gasteiger partial charge < -0.3 is 14.5 Å². The van der Waals surface area contributed by atoms with Crippen LogP contribution in [0.3, 0.4) is 0 Å². The monoisotopic (exact) mass is 293 g/mol. The van der Waals surface area contributed by atoms with Crippen LogP contribution in [-0.2, 0) is 9.53 Å². The molecular formula is C16H23NO4. The molecule has 0 radical (unpaired) electrons. The van der Waals surface area contributed by atoms with Gasteiger partial charge in [-0.15, -0.1) is 0 Å². The van der Waals surface area contributed by atoms with Gasteiger partial charge in [-0.1, -0.05) is 19.3 Å². The summed E-state index contributed by atoms with van der Waals surface area (Å²) < 4.78 is 10.6. The maximum atomic E-state index is 12.5. The Bertz CT molecular complexity index is 526. The molecule has 0 aliphatic heterocycles. The predicted molar refractivity (Wildman–Crippen MR) is 78.1 cm³/mol. The van der Waals surface area contributed by atoms with Gasteiger partial charge in [0.2, 0.25) is 0 Å². The molecule has 0 bridgehead atoms. The molecule has 0 atom stereocenters. The second-order valence-corrected chi connectivity index (χ2v) is 5.64. The Morgan fingerprint density at radius 3 is 2.48 bits per heavy atom. The van der Waals surface area contributed by atoms with E-state index in [1.54, 1.807) is 26.8 Å². The second-order valence-electron chi connectivity index (χ2n) is 5.64. The molecule has 5 heteroatoms. The Kier molecular flexibility index (Phi) is 4.70. The number of amides is 1. The molecule has 0 aromatic carbocycles. The number of esters is 1. The minimum Gasteiger partial charge on any atom is -0.466 e. The number of aryl methyl sites for hydroxylation is 2. The lowest BCUT2D eigenvalue weighted by atomic mass is 9.81. The van der Waals surface area contributed by atoms with E-state index >= 15 is 0 Å². The summed E-state index contributed by atoms with van der Waals surface area (Å²) in [7, 11) is 0. The summed E-state index contributed by atoms with van der Waals surface area (Å²) in [6.07, 6.45) is 4.19. The molecule has 1 aliphatic carbocycles. The molecule has 0 spiro atoms. The van der Waals surface area contributed by atoms with Gasteiger partial charge in [0.15, 0.2) is 0 Å². The van der Waals surface area contributed by atoms with E-state index in [0.717, 1.165) is 19.3 Å². The van der Waals surface area contributed by atoms with Crippen LogP contribution in [0.5, 0.6) is 0 Å². The summed E-state index contributed by atoms with van der Waals surface area (Å²) in [5.41, 5.74) is -0.398. The SMILES string of the molecule is CCOC(=O)C1(NC(=O)c2cc(C)oc2C)CCCCC1. The highest BCUT2D eigenvalue weighted by Crippen LogP contribution is 2.30. The third kappa shape index (κ3) is 3.28. The molecule has 1 aromatic heterocycles. The van der Waals surface area contributed by atoms with E-state index in [4.69, 9.17) is 9.15 Å². The maximum Gasteiger partial charge on any atom is 0.331 e. The Balaban J connectivity index is 2.20. The Morgan fingerprint density at radius 2 is 1.95 bits per heavy atom. The van der Waals surface area contributed by atoms with E-state index in [1.807, 2.05) is 0 Å². The van der Waals surface area contributed by atoms with Crippen molar-refractivity contribution < 1.29 is 18.7 Å². The number of furan rings is 1. The number of nitrogens with one attached hydrogen (secondary N) is 1. The summed E-state index contributed by atoms with van der Waals surface area (Å²) in [5.74, 6) is 0.668. The first kappa shape index (κ1) is 15.6. The number of rotatable bonds is 4. The lowest BCUT2D eigenvalue weighted by Gasteiger charge is -2.35. The third-order valence-corrected chi connectivity index (χ3v) is 4.01. The molecule has 0 saturated heterocycles. The molecule has 1 aliphatic rings. The van der Waals surface area contributed by atoms with E-state index in [-0.39, 0.29) is 11.9 Å². The molecule has 1 heterocycles. The second kappa shape index (κ2) is 6.33. The lowest BCUT2D eigenvalue weighted by Crippen LogP contribution is -2.56. The van der Waals surface area contributed by atoms with Gasteiger partial charge >= 0.3 is 5.97 Å². The van der Waals surface area contributed by atoms with E-state index < -0.39 is 5.54 Å². The van der Waals surface area contributed by atoms with E-state index in [9.17, 15) is 9.59 Å². The van der Waals surface area contributed by atoms with E-state index in [1.165, 1.54) is 0 Å². The highest BCUT2D eigenvalue weighted by Gasteiger charge is 2.42. The van der Waals surface area contributed by atoms with Crippen molar-refractivity contribution in [3.63, 3.8) is 0 Å². The van der Waals surface area contributed by atoms with Crippen LogP contribution in [0.25, 0.3) is 0 Å². The number of ether oxygens (including phenoxy) is 1. The topological polar surface area (TPSA) is 68.5 Å². The summed E-state index contributed by atoms with van der Waals surface area (Å²) in [6.45, 7) is 5.64. The smallest absolute Gasteiger partial charge is 0.331 e. The van der Waals surface area contributed by atoms with Crippen LogP contribution in [0, 0.1) is 13.8 Å². The van der Waals surface area contributed by atoms with Crippen LogP contribution in [0.2, 0.25) is 0 Å². The number of carbonyl (C=O) groups excluding carboxylic acids is 2. The van der Waals surface area contributed by atoms with Crippen LogP contribution in [0.1, 0.15) is 60.9 Å². The highest BCUT2D eigenvalue weighted by molar-refractivity contribution is 5.99. The number of hydrogen-bond acceptors (Lipinski definition) is 4. The Hall–Kier alpha value is -1.78. The molecule has 1 aromatic rings. The predicted octanol–water partition coefficient (Wildman–Crippen LogP) is 2.89. The van der Waals surface area contributed by atoms with Crippen LogP contribution < -0.4 is 5.32 Å². The molecule has 1 amide bonds. The average Bonchev–Trinajstić information content (AvgIpc) is 2.79. The first-order chi connectivity index (χ1) is 9.98. The van der Waals surface area contributed by atoms with Crippen LogP contribution in [0.15, 0.2) is 10.5 Å². The van der Waals surface area contributed by atoms with E-state index in [2.05, 4.69) is 5.32 Å². The summed E-state index contributed by atoms with van der Waals surface area (Å²) in [5, 5.41) is 2.91. The lowest BCUT2D eigenvalue weighted by molar-refractivity contribution is -0.152. The zero-order chi connectivity index (χ0) is 15.5. The third-order valence-electron chi connectivity index (χ3n) is 4.01. The fraction of sp³-hybridized carbons (Fsp3) is 0.625. The largest absolute Gasteiger partial charge is 0.466 e. The molecule has 1 saturated carbocycles. The molecule has 2 rings (SSSR count). The molecule has 1 N–H and O–H groups in total. The minimum atomic E-state index is -0.886. The Morgan fingerprint density at radius 1 is 1.29 bits per heavy atom. The fourth-order valence-corrected chi connectivity index (χ4v) is 2.95. The molecule has 1 fully saturated rings. The highest BCUT2D eigenvalue weighted by atomic mass is 16.5. The van der Waals surface area contributed by atoms with Gasteiger partial charge in [-0.25, -0.2) is 4.79 Å². The van der Waals surface area contributed by atoms with Crippen molar-refractivity contribution in [1.29, 1.82) is 0 Å². The van der Waals surface area contributed by atoms with Crippen molar-refractivity contribution in [2.45, 2.75) is 58.4 Å². The van der Waals surface area contributed by atoms with Gasteiger partial charge in [-0.2, -0.15) is 0 Å². The van der Waals surface area contributed by atoms with Crippen molar-refractivity contribution >= 4 is 11.9 Å². The van der Waals surface area contributed by atoms with Crippen LogP contribution >= 0.6 is 0 Å². The number of hydrogen-bond donors (Lipinski definition) is 1. The summed E-state index contributed by atoms with van der Waals surface area (Å²) in [4.78, 5) is 24.8. The van der Waals surface area contributed by atoms with E-state index in [0.29, 0.717) is 36.5 Å². The molecule has 0 unspecified atom stereocenters. The van der Waals surface area contributed by atoms with Gasteiger partial charge in [0.25, 0.3) is 5.91 Å². The van der Waals surface area contributed by atoms with Crippen LogP contribution in [0.4, 0.5) is 0 Å². The molecule has 116 valence electrons. The van der Waals surface area contributed by atoms with Crippen molar-refractivity contribution in [3.05, 3.63) is 23.2 Å². The molecular weight excluding hydrogens is 270 g/mol. The van der Waals surface area contributed by atoms with Gasteiger partial charge in [0.1, 0.15) is 17.1 Å². The summed E-state index contributed by atoms with van der Waals surface area (Å²) >= 11 is 0. The zero-order valence-corrected chi connectivity index (χ0v) is 13.0. The minimum absolute atomic E-state index is 0.265. The van der Waals surface area contributed by atoms with Crippen LogP contribution in [-0.4, -0.2) is 24.0 Å². The standard InChI is InChI=1S/C16H23NO4/c1-4-20-15(19)16(8-6-5-7-9-16)17-14(18)13-10-11(2)21-12(13)3/h10H,4-9H2,1-3H3,(H,17,18). The van der Waals surface area contributed by atoms with Gasteiger partial charge in [-0.05, 0) is 39.7 Å². The van der Waals surface area contributed by atoms with Gasteiger partial charge in [0.05, 0.1) is 12.2 Å². The quantitative estimate of drug-likeness (QED) is 0.867. The molecule has 21 heavy (non-hydrogen) atoms.